The molecular weight excluding hydrogens is 394 g/mol. The maximum absolute atomic E-state index is 13.4. The lowest BCUT2D eigenvalue weighted by molar-refractivity contribution is 0.171. The van der Waals surface area contributed by atoms with Crippen molar-refractivity contribution in [2.75, 3.05) is 18.9 Å². The summed E-state index contributed by atoms with van der Waals surface area (Å²) in [6.07, 6.45) is 4.55. The van der Waals surface area contributed by atoms with E-state index in [1.54, 1.807) is 24.3 Å². The highest BCUT2D eigenvalue weighted by molar-refractivity contribution is 7.90. The van der Waals surface area contributed by atoms with Gasteiger partial charge >= 0.3 is 0 Å². The number of nitrogen functional groups attached to an aromatic ring is 1. The number of aromatic nitrogens is 4. The molecule has 0 fully saturated rings. The number of hydrogen-bond donors (Lipinski definition) is 1. The Hall–Kier alpha value is -3.66. The first-order valence-electron chi connectivity index (χ1n) is 8.74. The third-order valence-electron chi connectivity index (χ3n) is 4.55. The van der Waals surface area contributed by atoms with Gasteiger partial charge in [-0.25, -0.2) is 27.3 Å². The molecule has 1 aromatic carbocycles. The lowest BCUT2D eigenvalue weighted by Gasteiger charge is -2.19. The summed E-state index contributed by atoms with van der Waals surface area (Å²) in [5.74, 6) is 1.01. The number of rotatable bonds is 3. The first-order chi connectivity index (χ1) is 14.0. The van der Waals surface area contributed by atoms with Crippen LogP contribution < -0.4 is 15.2 Å². The summed E-state index contributed by atoms with van der Waals surface area (Å²) in [5, 5.41) is 0.631. The van der Waals surface area contributed by atoms with E-state index in [0.717, 1.165) is 3.97 Å². The first kappa shape index (κ1) is 17.4. The third-order valence-corrected chi connectivity index (χ3v) is 6.20. The number of pyridine rings is 1. The van der Waals surface area contributed by atoms with E-state index in [-0.39, 0.29) is 16.5 Å². The fraction of sp³-hybridized carbons (Fsp3) is 0.105. The van der Waals surface area contributed by atoms with E-state index in [0.29, 0.717) is 41.4 Å². The van der Waals surface area contributed by atoms with E-state index in [2.05, 4.69) is 15.0 Å². The molecule has 4 heterocycles. The lowest BCUT2D eigenvalue weighted by atomic mass is 10.1. The topological polar surface area (TPSA) is 122 Å². The van der Waals surface area contributed by atoms with Crippen molar-refractivity contribution >= 4 is 27.0 Å². The summed E-state index contributed by atoms with van der Waals surface area (Å²) in [6.45, 7) is 0.792. The fourth-order valence-corrected chi connectivity index (χ4v) is 4.58. The van der Waals surface area contributed by atoms with E-state index in [1.165, 1.54) is 30.7 Å². The van der Waals surface area contributed by atoms with Crippen molar-refractivity contribution < 1.29 is 17.9 Å². The van der Waals surface area contributed by atoms with Gasteiger partial charge in [0.2, 0.25) is 5.95 Å². The van der Waals surface area contributed by atoms with Crippen molar-refractivity contribution in [2.45, 2.75) is 4.90 Å². The van der Waals surface area contributed by atoms with Gasteiger partial charge in [-0.1, -0.05) is 0 Å². The number of nitrogens with zero attached hydrogens (tertiary/aromatic N) is 4. The zero-order chi connectivity index (χ0) is 20.0. The molecule has 0 radical (unpaired) electrons. The Morgan fingerprint density at radius 3 is 2.66 bits per heavy atom. The number of nitrogens with two attached hydrogens (primary N) is 1. The van der Waals surface area contributed by atoms with Crippen molar-refractivity contribution in [1.29, 1.82) is 0 Å². The van der Waals surface area contributed by atoms with Gasteiger partial charge in [0.1, 0.15) is 13.2 Å². The molecule has 1 aliphatic rings. The molecule has 10 heteroatoms. The Bertz CT molecular complexity index is 1350. The molecule has 3 aromatic heterocycles. The molecule has 4 aromatic rings. The molecule has 0 bridgehead atoms. The molecule has 0 amide bonds. The molecule has 29 heavy (non-hydrogen) atoms. The van der Waals surface area contributed by atoms with E-state index in [1.807, 2.05) is 0 Å². The molecule has 1 aliphatic heterocycles. The van der Waals surface area contributed by atoms with Gasteiger partial charge in [-0.3, -0.25) is 0 Å². The molecule has 0 unspecified atom stereocenters. The van der Waals surface area contributed by atoms with Crippen molar-refractivity contribution in [2.24, 2.45) is 0 Å². The number of benzene rings is 1. The Morgan fingerprint density at radius 1 is 1.00 bits per heavy atom. The molecule has 0 spiro atoms. The standard InChI is InChI=1S/C19H15N5O4S/c20-19-22-7-5-15(23-19)14-11-24(18-13(14)2-1-6-21-18)29(25,26)12-3-4-16-17(10-12)28-9-8-27-16/h1-7,10-11H,8-9H2,(H2,20,22,23). The predicted octanol–water partition coefficient (Wildman–Crippen LogP) is 2.08. The second kappa shape index (κ2) is 6.45. The van der Waals surface area contributed by atoms with Gasteiger partial charge in [-0.2, -0.15) is 0 Å². The predicted molar refractivity (Wildman–Crippen MR) is 105 cm³/mol. The number of ether oxygens (including phenoxy) is 2. The third kappa shape index (κ3) is 2.85. The van der Waals surface area contributed by atoms with Crippen LogP contribution in [-0.4, -0.2) is 40.6 Å². The molecule has 5 rings (SSSR count). The van der Waals surface area contributed by atoms with E-state index < -0.39 is 10.0 Å². The van der Waals surface area contributed by atoms with Crippen molar-refractivity contribution in [3.63, 3.8) is 0 Å². The summed E-state index contributed by atoms with van der Waals surface area (Å²) in [5.41, 5.74) is 7.08. The fourth-order valence-electron chi connectivity index (χ4n) is 3.24. The molecule has 0 saturated carbocycles. The summed E-state index contributed by atoms with van der Waals surface area (Å²) in [6, 6.07) is 9.72. The van der Waals surface area contributed by atoms with Crippen LogP contribution in [0.1, 0.15) is 0 Å². The van der Waals surface area contributed by atoms with Crippen LogP contribution in [0.5, 0.6) is 11.5 Å². The highest BCUT2D eigenvalue weighted by atomic mass is 32.2. The molecular formula is C19H15N5O4S. The van der Waals surface area contributed by atoms with E-state index in [9.17, 15) is 8.42 Å². The minimum absolute atomic E-state index is 0.0676. The second-order valence-electron chi connectivity index (χ2n) is 6.32. The van der Waals surface area contributed by atoms with Gasteiger partial charge in [0.05, 0.1) is 10.6 Å². The molecule has 0 atom stereocenters. The van der Waals surface area contributed by atoms with Crippen LogP contribution in [0.2, 0.25) is 0 Å². The molecule has 9 nitrogen and oxygen atoms in total. The van der Waals surface area contributed by atoms with E-state index >= 15 is 0 Å². The van der Waals surface area contributed by atoms with Gasteiger partial charge in [-0.15, -0.1) is 0 Å². The molecule has 0 saturated heterocycles. The number of anilines is 1. The average molecular weight is 409 g/mol. The number of hydrogen-bond acceptors (Lipinski definition) is 8. The SMILES string of the molecule is Nc1nccc(-c2cn(S(=O)(=O)c3ccc4c(c3)OCCO4)c3ncccc23)n1. The summed E-state index contributed by atoms with van der Waals surface area (Å²) >= 11 is 0. The zero-order valence-corrected chi connectivity index (χ0v) is 15.8. The smallest absolute Gasteiger partial charge is 0.269 e. The summed E-state index contributed by atoms with van der Waals surface area (Å²) in [4.78, 5) is 12.5. The molecule has 2 N–H and O–H groups in total. The van der Waals surface area contributed by atoms with Crippen LogP contribution >= 0.6 is 0 Å². The Labute approximate surface area is 165 Å². The maximum atomic E-state index is 13.4. The van der Waals surface area contributed by atoms with Crippen molar-refractivity contribution in [3.05, 3.63) is 55.0 Å². The number of fused-ring (bicyclic) bond motifs is 2. The van der Waals surface area contributed by atoms with Crippen LogP contribution in [0.15, 0.2) is 59.9 Å². The average Bonchev–Trinajstić information content (AvgIpc) is 3.14. The highest BCUT2D eigenvalue weighted by Gasteiger charge is 2.25. The minimum atomic E-state index is -3.95. The van der Waals surface area contributed by atoms with Crippen LogP contribution in [0.25, 0.3) is 22.3 Å². The van der Waals surface area contributed by atoms with Gasteiger partial charge in [0.25, 0.3) is 10.0 Å². The van der Waals surface area contributed by atoms with Crippen LogP contribution in [0.3, 0.4) is 0 Å². The lowest BCUT2D eigenvalue weighted by Crippen LogP contribution is -2.17. The van der Waals surface area contributed by atoms with Gasteiger partial charge < -0.3 is 15.2 Å². The maximum Gasteiger partial charge on any atom is 0.269 e. The van der Waals surface area contributed by atoms with Crippen molar-refractivity contribution in [1.82, 2.24) is 18.9 Å². The molecule has 146 valence electrons. The monoisotopic (exact) mass is 409 g/mol. The highest BCUT2D eigenvalue weighted by Crippen LogP contribution is 2.35. The first-order valence-corrected chi connectivity index (χ1v) is 10.2. The Balaban J connectivity index is 1.71. The quantitative estimate of drug-likeness (QED) is 0.546. The summed E-state index contributed by atoms with van der Waals surface area (Å²) < 4.78 is 39.0. The van der Waals surface area contributed by atoms with Crippen LogP contribution in [0, 0.1) is 0 Å². The Kier molecular flexibility index (Phi) is 3.88. The summed E-state index contributed by atoms with van der Waals surface area (Å²) in [7, 11) is -3.95. The van der Waals surface area contributed by atoms with Gasteiger partial charge in [0, 0.05) is 35.6 Å². The Morgan fingerprint density at radius 2 is 1.83 bits per heavy atom. The van der Waals surface area contributed by atoms with E-state index in [4.69, 9.17) is 15.2 Å². The largest absolute Gasteiger partial charge is 0.486 e. The van der Waals surface area contributed by atoms with Crippen molar-refractivity contribution in [3.8, 4) is 22.8 Å². The van der Waals surface area contributed by atoms with Gasteiger partial charge in [-0.05, 0) is 30.3 Å². The normalized spacial score (nSPS) is 13.5. The zero-order valence-electron chi connectivity index (χ0n) is 15.0. The minimum Gasteiger partial charge on any atom is -0.486 e. The second-order valence-corrected chi connectivity index (χ2v) is 8.14. The van der Waals surface area contributed by atoms with Crippen LogP contribution in [0.4, 0.5) is 5.95 Å². The van der Waals surface area contributed by atoms with Gasteiger partial charge in [0.15, 0.2) is 17.1 Å². The molecule has 0 aliphatic carbocycles. The van der Waals surface area contributed by atoms with Crippen LogP contribution in [-0.2, 0) is 10.0 Å².